The van der Waals surface area contributed by atoms with E-state index in [1.165, 1.54) is 17.7 Å². The Morgan fingerprint density at radius 1 is 1.08 bits per heavy atom. The molecule has 1 amide bonds. The molecule has 1 heterocycles. The van der Waals surface area contributed by atoms with E-state index in [0.717, 1.165) is 30.1 Å². The molecule has 0 aromatic heterocycles. The number of rotatable bonds is 5. The van der Waals surface area contributed by atoms with Gasteiger partial charge in [0.25, 0.3) is 5.91 Å². The van der Waals surface area contributed by atoms with Crippen molar-refractivity contribution in [2.45, 2.75) is 25.8 Å². The summed E-state index contributed by atoms with van der Waals surface area (Å²) in [5, 5.41) is 3.25. The molecule has 0 spiro atoms. The van der Waals surface area contributed by atoms with E-state index < -0.39 is 0 Å². The number of carbonyl (C=O) groups excluding carboxylic acids is 1. The summed E-state index contributed by atoms with van der Waals surface area (Å²) in [5.41, 5.74) is 2.25. The molecule has 3 rings (SSSR count). The second-order valence-electron chi connectivity index (χ2n) is 6.95. The Labute approximate surface area is 144 Å². The van der Waals surface area contributed by atoms with Crippen molar-refractivity contribution in [2.75, 3.05) is 19.6 Å². The predicted octanol–water partition coefficient (Wildman–Crippen LogP) is 2.21. The van der Waals surface area contributed by atoms with Crippen LogP contribution < -0.4 is 10.2 Å². The summed E-state index contributed by atoms with van der Waals surface area (Å²) < 4.78 is 0. The van der Waals surface area contributed by atoms with Crippen molar-refractivity contribution >= 4 is 5.91 Å². The molecule has 0 saturated carbocycles. The van der Waals surface area contributed by atoms with Gasteiger partial charge < -0.3 is 10.2 Å². The molecule has 2 aromatic carbocycles. The summed E-state index contributed by atoms with van der Waals surface area (Å²) >= 11 is 0. The van der Waals surface area contributed by atoms with Crippen LogP contribution >= 0.6 is 0 Å². The number of benzene rings is 2. The van der Waals surface area contributed by atoms with Gasteiger partial charge in [0.1, 0.15) is 0 Å². The molecule has 0 radical (unpaired) electrons. The van der Waals surface area contributed by atoms with Crippen LogP contribution in [0.15, 0.2) is 60.7 Å². The average molecular weight is 323 g/mol. The fourth-order valence-corrected chi connectivity index (χ4v) is 3.65. The van der Waals surface area contributed by atoms with E-state index in [0.29, 0.717) is 6.54 Å². The van der Waals surface area contributed by atoms with E-state index in [-0.39, 0.29) is 11.9 Å². The van der Waals surface area contributed by atoms with Crippen molar-refractivity contribution in [1.82, 2.24) is 5.32 Å². The van der Waals surface area contributed by atoms with Gasteiger partial charge >= 0.3 is 0 Å². The highest BCUT2D eigenvalue weighted by Crippen LogP contribution is 2.21. The molecule has 2 N–H and O–H groups in total. The number of hydrogen-bond acceptors (Lipinski definition) is 1. The summed E-state index contributed by atoms with van der Waals surface area (Å²) in [6, 6.07) is 20.3. The SMILES string of the molecule is C[C@H]1CCC[NH+](CC(=O)NC(c2ccccc2)c2ccccc2)C1. The first-order valence-electron chi connectivity index (χ1n) is 8.95. The topological polar surface area (TPSA) is 33.5 Å². The maximum Gasteiger partial charge on any atom is 0.275 e. The Hall–Kier alpha value is -2.13. The highest BCUT2D eigenvalue weighted by molar-refractivity contribution is 5.77. The zero-order valence-electron chi connectivity index (χ0n) is 14.4. The van der Waals surface area contributed by atoms with Crippen LogP contribution in [0.2, 0.25) is 0 Å². The first-order valence-corrected chi connectivity index (χ1v) is 8.95. The van der Waals surface area contributed by atoms with Gasteiger partial charge in [0.05, 0.1) is 19.1 Å². The van der Waals surface area contributed by atoms with E-state index in [1.54, 1.807) is 0 Å². The third-order valence-corrected chi connectivity index (χ3v) is 4.85. The van der Waals surface area contributed by atoms with Crippen molar-refractivity contribution < 1.29 is 9.69 Å². The van der Waals surface area contributed by atoms with Crippen molar-refractivity contribution in [1.29, 1.82) is 0 Å². The van der Waals surface area contributed by atoms with Gasteiger partial charge in [0, 0.05) is 5.92 Å². The van der Waals surface area contributed by atoms with Gasteiger partial charge in [-0.3, -0.25) is 4.79 Å². The monoisotopic (exact) mass is 323 g/mol. The molecule has 3 nitrogen and oxygen atoms in total. The maximum absolute atomic E-state index is 12.6. The first kappa shape index (κ1) is 16.7. The summed E-state index contributed by atoms with van der Waals surface area (Å²) in [6.07, 6.45) is 2.52. The van der Waals surface area contributed by atoms with Gasteiger partial charge in [0.15, 0.2) is 6.54 Å². The molecule has 0 aliphatic carbocycles. The lowest BCUT2D eigenvalue weighted by molar-refractivity contribution is -0.900. The number of amides is 1. The van der Waals surface area contributed by atoms with Gasteiger partial charge in [-0.15, -0.1) is 0 Å². The molecule has 1 unspecified atom stereocenters. The Bertz CT molecular complexity index is 602. The summed E-state index contributed by atoms with van der Waals surface area (Å²) in [5.74, 6) is 0.859. The second kappa shape index (κ2) is 8.11. The Kier molecular flexibility index (Phi) is 5.65. The van der Waals surface area contributed by atoms with Gasteiger partial charge in [-0.1, -0.05) is 67.6 Å². The Balaban J connectivity index is 1.71. The molecular formula is C21H27N2O+. The standard InChI is InChI=1S/C21H26N2O/c1-17-9-8-14-23(15-17)16-20(24)22-21(18-10-4-2-5-11-18)19-12-6-3-7-13-19/h2-7,10-13,17,21H,8-9,14-16H2,1H3,(H,22,24)/p+1/t17-/m0/s1. The molecular weight excluding hydrogens is 296 g/mol. The van der Waals surface area contributed by atoms with E-state index in [4.69, 9.17) is 0 Å². The van der Waals surface area contributed by atoms with E-state index in [1.807, 2.05) is 36.4 Å². The third-order valence-electron chi connectivity index (χ3n) is 4.85. The quantitative estimate of drug-likeness (QED) is 0.869. The summed E-state index contributed by atoms with van der Waals surface area (Å²) in [6.45, 7) is 5.07. The van der Waals surface area contributed by atoms with Crippen LogP contribution in [0.3, 0.4) is 0 Å². The van der Waals surface area contributed by atoms with Crippen LogP contribution in [0.5, 0.6) is 0 Å². The van der Waals surface area contributed by atoms with Crippen LogP contribution in [0.4, 0.5) is 0 Å². The maximum atomic E-state index is 12.6. The molecule has 24 heavy (non-hydrogen) atoms. The van der Waals surface area contributed by atoms with Gasteiger partial charge in [-0.25, -0.2) is 0 Å². The average Bonchev–Trinajstić information content (AvgIpc) is 2.61. The summed E-state index contributed by atoms with van der Waals surface area (Å²) in [4.78, 5) is 14.1. The largest absolute Gasteiger partial charge is 0.340 e. The molecule has 1 fully saturated rings. The fraction of sp³-hybridized carbons (Fsp3) is 0.381. The lowest BCUT2D eigenvalue weighted by Crippen LogP contribution is -3.14. The number of likely N-dealkylation sites (tertiary alicyclic amines) is 1. The zero-order chi connectivity index (χ0) is 16.8. The zero-order valence-corrected chi connectivity index (χ0v) is 14.4. The van der Waals surface area contributed by atoms with E-state index >= 15 is 0 Å². The van der Waals surface area contributed by atoms with Gasteiger partial charge in [-0.05, 0) is 24.0 Å². The Morgan fingerprint density at radius 3 is 2.21 bits per heavy atom. The van der Waals surface area contributed by atoms with Crippen LogP contribution in [0.25, 0.3) is 0 Å². The van der Waals surface area contributed by atoms with Crippen molar-refractivity contribution in [3.05, 3.63) is 71.8 Å². The smallest absolute Gasteiger partial charge is 0.275 e. The second-order valence-corrected chi connectivity index (χ2v) is 6.95. The molecule has 1 saturated heterocycles. The molecule has 3 heteroatoms. The third kappa shape index (κ3) is 4.45. The number of quaternary nitrogens is 1. The molecule has 2 atom stereocenters. The van der Waals surface area contributed by atoms with Gasteiger partial charge in [0.2, 0.25) is 0 Å². The van der Waals surface area contributed by atoms with Crippen molar-refractivity contribution in [3.63, 3.8) is 0 Å². The number of hydrogen-bond donors (Lipinski definition) is 2. The lowest BCUT2D eigenvalue weighted by Gasteiger charge is -2.28. The highest BCUT2D eigenvalue weighted by Gasteiger charge is 2.24. The van der Waals surface area contributed by atoms with Crippen LogP contribution in [-0.4, -0.2) is 25.5 Å². The molecule has 0 bridgehead atoms. The van der Waals surface area contributed by atoms with Crippen molar-refractivity contribution in [2.24, 2.45) is 5.92 Å². The van der Waals surface area contributed by atoms with E-state index in [9.17, 15) is 4.79 Å². The van der Waals surface area contributed by atoms with Crippen LogP contribution in [0.1, 0.15) is 36.9 Å². The Morgan fingerprint density at radius 2 is 1.67 bits per heavy atom. The van der Waals surface area contributed by atoms with Gasteiger partial charge in [-0.2, -0.15) is 0 Å². The van der Waals surface area contributed by atoms with E-state index in [2.05, 4.69) is 36.5 Å². The highest BCUT2D eigenvalue weighted by atomic mass is 16.2. The van der Waals surface area contributed by atoms with Crippen LogP contribution in [-0.2, 0) is 4.79 Å². The molecule has 2 aromatic rings. The minimum Gasteiger partial charge on any atom is -0.340 e. The first-order chi connectivity index (χ1) is 11.7. The van der Waals surface area contributed by atoms with Crippen molar-refractivity contribution in [3.8, 4) is 0 Å². The minimum absolute atomic E-state index is 0.0819. The normalized spacial score (nSPS) is 20.8. The minimum atomic E-state index is -0.0819. The number of nitrogens with one attached hydrogen (secondary N) is 2. The lowest BCUT2D eigenvalue weighted by atomic mass is 9.98. The number of carbonyl (C=O) groups is 1. The predicted molar refractivity (Wildman–Crippen MR) is 96.8 cm³/mol. The number of piperidine rings is 1. The molecule has 126 valence electrons. The molecule has 1 aliphatic heterocycles. The molecule has 1 aliphatic rings. The summed E-state index contributed by atoms with van der Waals surface area (Å²) in [7, 11) is 0. The fourth-order valence-electron chi connectivity index (χ4n) is 3.65. The van der Waals surface area contributed by atoms with Crippen LogP contribution in [0, 0.1) is 5.92 Å².